The largest absolute Gasteiger partial charge is 0.465 e. The summed E-state index contributed by atoms with van der Waals surface area (Å²) in [6.07, 6.45) is 4.80. The Bertz CT molecular complexity index is 1160. The Labute approximate surface area is 196 Å². The average molecular weight is 464 g/mol. The van der Waals surface area contributed by atoms with Gasteiger partial charge in [0.1, 0.15) is 5.25 Å². The molecule has 1 amide bonds. The summed E-state index contributed by atoms with van der Waals surface area (Å²) in [6, 6.07) is 23.1. The van der Waals surface area contributed by atoms with Gasteiger partial charge in [-0.2, -0.15) is 0 Å². The monoisotopic (exact) mass is 463 g/mol. The number of benzene rings is 3. The van der Waals surface area contributed by atoms with Crippen LogP contribution >= 0.6 is 23.4 Å². The number of hydrogen-bond donors (Lipinski definition) is 1. The number of anilines is 1. The Morgan fingerprint density at radius 2 is 1.81 bits per heavy atom. The van der Waals surface area contributed by atoms with E-state index < -0.39 is 16.6 Å². The summed E-state index contributed by atoms with van der Waals surface area (Å²) in [5.41, 5.74) is 3.73. The SMILES string of the molecule is COC(=O)c1ccc(/C=C/Cc2ccccc2)cc1NC(=O)C1Sc2ccccc2C1Cl. The molecule has 0 aliphatic carbocycles. The highest BCUT2D eigenvalue weighted by molar-refractivity contribution is 8.01. The van der Waals surface area contributed by atoms with Crippen LogP contribution in [0.4, 0.5) is 5.69 Å². The fourth-order valence-corrected chi connectivity index (χ4v) is 5.29. The van der Waals surface area contributed by atoms with E-state index in [1.54, 1.807) is 12.1 Å². The van der Waals surface area contributed by atoms with E-state index in [4.69, 9.17) is 16.3 Å². The molecule has 4 nitrogen and oxygen atoms in total. The van der Waals surface area contributed by atoms with E-state index in [2.05, 4.69) is 17.4 Å². The van der Waals surface area contributed by atoms with E-state index in [0.717, 1.165) is 22.4 Å². The van der Waals surface area contributed by atoms with Crippen LogP contribution in [0.2, 0.25) is 0 Å². The smallest absolute Gasteiger partial charge is 0.339 e. The van der Waals surface area contributed by atoms with E-state index in [0.29, 0.717) is 11.3 Å². The molecule has 6 heteroatoms. The Kier molecular flexibility index (Phi) is 6.98. The fourth-order valence-electron chi connectivity index (χ4n) is 3.57. The predicted octanol–water partition coefficient (Wildman–Crippen LogP) is 6.12. The number of esters is 1. The van der Waals surface area contributed by atoms with Crippen molar-refractivity contribution >= 4 is 47.0 Å². The van der Waals surface area contributed by atoms with Crippen molar-refractivity contribution in [1.82, 2.24) is 0 Å². The molecule has 0 fully saturated rings. The van der Waals surface area contributed by atoms with Gasteiger partial charge in [0.2, 0.25) is 5.91 Å². The van der Waals surface area contributed by atoms with Crippen LogP contribution in [0.15, 0.2) is 83.8 Å². The van der Waals surface area contributed by atoms with Gasteiger partial charge in [-0.3, -0.25) is 4.79 Å². The maximum absolute atomic E-state index is 13.1. The van der Waals surface area contributed by atoms with Crippen molar-refractivity contribution in [3.05, 3.63) is 101 Å². The molecule has 162 valence electrons. The minimum Gasteiger partial charge on any atom is -0.465 e. The number of ether oxygens (including phenoxy) is 1. The lowest BCUT2D eigenvalue weighted by molar-refractivity contribution is -0.115. The maximum Gasteiger partial charge on any atom is 0.339 e. The number of carbonyl (C=O) groups excluding carboxylic acids is 2. The number of alkyl halides is 1. The summed E-state index contributed by atoms with van der Waals surface area (Å²) in [7, 11) is 1.32. The van der Waals surface area contributed by atoms with E-state index in [1.807, 2.05) is 60.7 Å². The van der Waals surface area contributed by atoms with Crippen LogP contribution in [0.1, 0.15) is 32.4 Å². The highest BCUT2D eigenvalue weighted by atomic mass is 35.5. The number of hydrogen-bond acceptors (Lipinski definition) is 4. The lowest BCUT2D eigenvalue weighted by atomic mass is 10.1. The van der Waals surface area contributed by atoms with E-state index in [9.17, 15) is 9.59 Å². The molecule has 0 saturated carbocycles. The van der Waals surface area contributed by atoms with Crippen LogP contribution in [0, 0.1) is 0 Å². The molecule has 0 saturated heterocycles. The number of methoxy groups -OCH3 is 1. The number of rotatable bonds is 6. The third-order valence-corrected chi connectivity index (χ3v) is 7.21. The number of carbonyl (C=O) groups is 2. The zero-order valence-electron chi connectivity index (χ0n) is 17.5. The molecule has 1 aliphatic heterocycles. The molecular formula is C26H22ClNO3S. The molecule has 0 aromatic heterocycles. The molecule has 0 bridgehead atoms. The Morgan fingerprint density at radius 1 is 1.06 bits per heavy atom. The molecule has 4 rings (SSSR count). The van der Waals surface area contributed by atoms with Crippen LogP contribution in [-0.2, 0) is 16.0 Å². The second-order valence-electron chi connectivity index (χ2n) is 7.36. The Morgan fingerprint density at radius 3 is 2.56 bits per heavy atom. The molecule has 32 heavy (non-hydrogen) atoms. The van der Waals surface area contributed by atoms with Crippen molar-refractivity contribution in [1.29, 1.82) is 0 Å². The van der Waals surface area contributed by atoms with Gasteiger partial charge in [0.15, 0.2) is 0 Å². The molecule has 1 aliphatic rings. The fraction of sp³-hybridized carbons (Fsp3) is 0.154. The predicted molar refractivity (Wildman–Crippen MR) is 130 cm³/mol. The highest BCUT2D eigenvalue weighted by Gasteiger charge is 2.37. The number of allylic oxidation sites excluding steroid dienone is 1. The van der Waals surface area contributed by atoms with E-state index >= 15 is 0 Å². The molecule has 0 spiro atoms. The van der Waals surface area contributed by atoms with Crippen LogP contribution < -0.4 is 5.32 Å². The molecule has 3 aromatic rings. The van der Waals surface area contributed by atoms with Gasteiger partial charge >= 0.3 is 5.97 Å². The summed E-state index contributed by atoms with van der Waals surface area (Å²) < 4.78 is 4.90. The third-order valence-electron chi connectivity index (χ3n) is 5.21. The van der Waals surface area contributed by atoms with Crippen molar-refractivity contribution in [3.8, 4) is 0 Å². The van der Waals surface area contributed by atoms with E-state index in [-0.39, 0.29) is 5.91 Å². The quantitative estimate of drug-likeness (QED) is 0.353. The van der Waals surface area contributed by atoms with Crippen LogP contribution in [0.3, 0.4) is 0 Å². The first-order valence-electron chi connectivity index (χ1n) is 10.2. The van der Waals surface area contributed by atoms with Gasteiger partial charge in [-0.25, -0.2) is 4.79 Å². The average Bonchev–Trinajstić information content (AvgIpc) is 3.16. The molecular weight excluding hydrogens is 442 g/mol. The van der Waals surface area contributed by atoms with E-state index in [1.165, 1.54) is 24.4 Å². The van der Waals surface area contributed by atoms with Crippen LogP contribution in [0.5, 0.6) is 0 Å². The van der Waals surface area contributed by atoms with Crippen molar-refractivity contribution in [2.24, 2.45) is 0 Å². The maximum atomic E-state index is 13.1. The summed E-state index contributed by atoms with van der Waals surface area (Å²) in [5.74, 6) is -0.758. The zero-order valence-corrected chi connectivity index (χ0v) is 19.0. The first-order valence-corrected chi connectivity index (χ1v) is 11.5. The topological polar surface area (TPSA) is 55.4 Å². The first kappa shape index (κ1) is 22.2. The molecule has 1 N–H and O–H groups in total. The molecule has 2 atom stereocenters. The van der Waals surface area contributed by atoms with Gasteiger partial charge in [0, 0.05) is 4.90 Å². The van der Waals surface area contributed by atoms with Crippen molar-refractivity contribution in [2.75, 3.05) is 12.4 Å². The minimum absolute atomic E-state index is 0.248. The van der Waals surface area contributed by atoms with Gasteiger partial charge in [0.05, 0.1) is 23.7 Å². The minimum atomic E-state index is -0.509. The standard InChI is InChI=1S/C26H22ClNO3S/c1-31-26(30)19-15-14-18(11-7-10-17-8-3-2-4-9-17)16-21(19)28-25(29)24-23(27)20-12-5-6-13-22(20)32-24/h2-9,11-16,23-24H,10H2,1H3,(H,28,29)/b11-7+. The second-order valence-corrected chi connectivity index (χ2v) is 9.01. The number of halogens is 1. The zero-order chi connectivity index (χ0) is 22.5. The van der Waals surface area contributed by atoms with Gasteiger partial charge in [-0.05, 0) is 41.3 Å². The summed E-state index contributed by atoms with van der Waals surface area (Å²) in [4.78, 5) is 26.3. The van der Waals surface area contributed by atoms with Gasteiger partial charge in [-0.15, -0.1) is 23.4 Å². The lowest BCUT2D eigenvalue weighted by Gasteiger charge is -2.16. The first-order chi connectivity index (χ1) is 15.6. The highest BCUT2D eigenvalue weighted by Crippen LogP contribution is 2.47. The van der Waals surface area contributed by atoms with Gasteiger partial charge in [-0.1, -0.05) is 66.7 Å². The van der Waals surface area contributed by atoms with Crippen LogP contribution in [-0.4, -0.2) is 24.2 Å². The van der Waals surface area contributed by atoms with Crippen molar-refractivity contribution in [2.45, 2.75) is 21.9 Å². The summed E-state index contributed by atoms with van der Waals surface area (Å²) in [6.45, 7) is 0. The lowest BCUT2D eigenvalue weighted by Crippen LogP contribution is -2.27. The molecule has 1 heterocycles. The molecule has 0 radical (unpaired) electrons. The van der Waals surface area contributed by atoms with Crippen LogP contribution in [0.25, 0.3) is 6.08 Å². The van der Waals surface area contributed by atoms with Crippen molar-refractivity contribution < 1.29 is 14.3 Å². The van der Waals surface area contributed by atoms with Gasteiger partial charge in [0.25, 0.3) is 0 Å². The number of fused-ring (bicyclic) bond motifs is 1. The Hall–Kier alpha value is -3.02. The number of nitrogens with one attached hydrogen (secondary N) is 1. The number of amides is 1. The second kappa shape index (κ2) is 10.1. The number of thioether (sulfide) groups is 1. The van der Waals surface area contributed by atoms with Gasteiger partial charge < -0.3 is 10.1 Å². The normalized spacial score (nSPS) is 17.2. The molecule has 3 aromatic carbocycles. The molecule has 2 unspecified atom stereocenters. The Balaban J connectivity index is 1.54. The summed E-state index contributed by atoms with van der Waals surface area (Å²) >= 11 is 8.01. The van der Waals surface area contributed by atoms with Crippen molar-refractivity contribution in [3.63, 3.8) is 0 Å². The summed E-state index contributed by atoms with van der Waals surface area (Å²) in [5, 5.41) is 1.98. The third kappa shape index (κ3) is 4.90.